The number of carbonyl (C=O) groups excluding carboxylic acids is 2. The van der Waals surface area contributed by atoms with Crippen LogP contribution in [-0.2, 0) is 4.79 Å². The van der Waals surface area contributed by atoms with Gasteiger partial charge in [-0.05, 0) is 55.0 Å². The Labute approximate surface area is 210 Å². The Balaban J connectivity index is 1.67. The van der Waals surface area contributed by atoms with E-state index in [2.05, 4.69) is 9.72 Å². The summed E-state index contributed by atoms with van der Waals surface area (Å²) in [5.41, 5.74) is 0.217. The Hall–Kier alpha value is -3.83. The van der Waals surface area contributed by atoms with Crippen molar-refractivity contribution in [2.75, 3.05) is 4.90 Å². The van der Waals surface area contributed by atoms with Crippen molar-refractivity contribution in [3.63, 3.8) is 0 Å². The number of ether oxygens (including phenoxy) is 1. The van der Waals surface area contributed by atoms with Gasteiger partial charge in [-0.3, -0.25) is 14.5 Å². The SMILES string of the molecule is Cc1ccc(C(=O)C2=C(O)C(=O)N(c3nc4ccc(Cl)cc4s3)C2c2cccc(OC(F)(F)F)c2)o1. The van der Waals surface area contributed by atoms with Crippen LogP contribution in [0.5, 0.6) is 5.75 Å². The second kappa shape index (κ2) is 8.68. The maximum absolute atomic E-state index is 13.4. The number of hydrogen-bond donors (Lipinski definition) is 1. The van der Waals surface area contributed by atoms with Crippen molar-refractivity contribution in [2.24, 2.45) is 0 Å². The van der Waals surface area contributed by atoms with Crippen molar-refractivity contribution < 1.29 is 37.0 Å². The number of halogens is 4. The topological polar surface area (TPSA) is 92.9 Å². The standard InChI is InChI=1S/C24H14ClF3N2O5S/c1-11-5-8-16(34-11)20(31)18-19(12-3-2-4-14(9-12)35-24(26,27)28)30(22(33)21(18)32)23-29-15-7-6-13(25)10-17(15)36-23/h2-10,19,32H,1H3. The van der Waals surface area contributed by atoms with Crippen LogP contribution in [0.4, 0.5) is 18.3 Å². The number of aliphatic hydroxyl groups is 1. The highest BCUT2D eigenvalue weighted by Crippen LogP contribution is 2.45. The van der Waals surface area contributed by atoms with Gasteiger partial charge in [-0.15, -0.1) is 13.2 Å². The molecule has 184 valence electrons. The van der Waals surface area contributed by atoms with Gasteiger partial charge < -0.3 is 14.3 Å². The molecule has 2 aromatic carbocycles. The number of Topliss-reactive ketones (excluding diaryl/α,β-unsaturated/α-hetero) is 1. The summed E-state index contributed by atoms with van der Waals surface area (Å²) in [5, 5.41) is 11.3. The van der Waals surface area contributed by atoms with E-state index in [0.29, 0.717) is 21.0 Å². The molecule has 0 saturated carbocycles. The van der Waals surface area contributed by atoms with Crippen LogP contribution in [0.1, 0.15) is 27.9 Å². The van der Waals surface area contributed by atoms with Crippen molar-refractivity contribution in [3.8, 4) is 5.75 Å². The molecule has 0 saturated heterocycles. The first-order valence-electron chi connectivity index (χ1n) is 10.3. The van der Waals surface area contributed by atoms with Gasteiger partial charge in [0.05, 0.1) is 21.8 Å². The number of anilines is 1. The molecule has 4 aromatic rings. The number of fused-ring (bicyclic) bond motifs is 1. The quantitative estimate of drug-likeness (QED) is 0.293. The molecular formula is C24H14ClF3N2O5S. The van der Waals surface area contributed by atoms with Crippen LogP contribution < -0.4 is 9.64 Å². The smallest absolute Gasteiger partial charge is 0.503 e. The lowest BCUT2D eigenvalue weighted by Gasteiger charge is -2.24. The first-order valence-corrected chi connectivity index (χ1v) is 11.5. The Morgan fingerprint density at radius 2 is 1.97 bits per heavy atom. The summed E-state index contributed by atoms with van der Waals surface area (Å²) in [6, 6.07) is 11.3. The zero-order valence-corrected chi connectivity index (χ0v) is 19.7. The Kier molecular flexibility index (Phi) is 5.76. The van der Waals surface area contributed by atoms with Gasteiger partial charge in [0, 0.05) is 5.02 Å². The lowest BCUT2D eigenvalue weighted by molar-refractivity contribution is -0.274. The maximum Gasteiger partial charge on any atom is 0.573 e. The summed E-state index contributed by atoms with van der Waals surface area (Å²) in [7, 11) is 0. The lowest BCUT2D eigenvalue weighted by atomic mass is 9.95. The largest absolute Gasteiger partial charge is 0.573 e. The number of benzene rings is 2. The van der Waals surface area contributed by atoms with E-state index < -0.39 is 35.6 Å². The number of alkyl halides is 3. The van der Waals surface area contributed by atoms with E-state index in [9.17, 15) is 27.9 Å². The summed E-state index contributed by atoms with van der Waals surface area (Å²) < 4.78 is 48.7. The molecule has 1 aliphatic rings. The molecule has 1 aliphatic heterocycles. The average Bonchev–Trinajstić information content (AvgIpc) is 3.48. The number of rotatable bonds is 5. The van der Waals surface area contributed by atoms with Gasteiger partial charge in [0.1, 0.15) is 11.5 Å². The molecule has 0 radical (unpaired) electrons. The minimum Gasteiger partial charge on any atom is -0.503 e. The van der Waals surface area contributed by atoms with Gasteiger partial charge in [-0.25, -0.2) is 4.98 Å². The van der Waals surface area contributed by atoms with E-state index in [1.54, 1.807) is 25.1 Å². The van der Waals surface area contributed by atoms with Crippen LogP contribution in [0.25, 0.3) is 10.2 Å². The molecule has 0 fully saturated rings. The predicted octanol–water partition coefficient (Wildman–Crippen LogP) is 6.53. The molecule has 12 heteroatoms. The molecule has 2 aromatic heterocycles. The van der Waals surface area contributed by atoms with E-state index in [1.165, 1.54) is 24.3 Å². The molecule has 3 heterocycles. The van der Waals surface area contributed by atoms with E-state index in [1.807, 2.05) is 0 Å². The highest BCUT2D eigenvalue weighted by Gasteiger charge is 2.47. The van der Waals surface area contributed by atoms with Crippen molar-refractivity contribution in [3.05, 3.63) is 88.0 Å². The lowest BCUT2D eigenvalue weighted by Crippen LogP contribution is -2.31. The predicted molar refractivity (Wildman–Crippen MR) is 125 cm³/mol. The van der Waals surface area contributed by atoms with Crippen LogP contribution in [0.15, 0.2) is 70.3 Å². The van der Waals surface area contributed by atoms with Crippen LogP contribution in [0.2, 0.25) is 5.02 Å². The highest BCUT2D eigenvalue weighted by atomic mass is 35.5. The number of ketones is 1. The molecule has 0 aliphatic carbocycles. The first-order chi connectivity index (χ1) is 17.0. The minimum atomic E-state index is -4.96. The molecule has 1 N–H and O–H groups in total. The molecular weight excluding hydrogens is 521 g/mol. The third-order valence-electron chi connectivity index (χ3n) is 5.37. The minimum absolute atomic E-state index is 0.0815. The van der Waals surface area contributed by atoms with Gasteiger partial charge in [-0.1, -0.05) is 35.1 Å². The second-order valence-electron chi connectivity index (χ2n) is 7.81. The summed E-state index contributed by atoms with van der Waals surface area (Å²) >= 11 is 7.12. The van der Waals surface area contributed by atoms with E-state index in [-0.39, 0.29) is 22.0 Å². The highest BCUT2D eigenvalue weighted by molar-refractivity contribution is 7.22. The molecule has 36 heavy (non-hydrogen) atoms. The zero-order chi connectivity index (χ0) is 25.8. The summed E-state index contributed by atoms with van der Waals surface area (Å²) in [5.74, 6) is -2.90. The van der Waals surface area contributed by atoms with Crippen molar-refractivity contribution in [1.82, 2.24) is 4.98 Å². The zero-order valence-electron chi connectivity index (χ0n) is 18.2. The number of amides is 1. The number of furan rings is 1. The number of aliphatic hydroxyl groups excluding tert-OH is 1. The molecule has 1 amide bonds. The van der Waals surface area contributed by atoms with Crippen LogP contribution >= 0.6 is 22.9 Å². The Morgan fingerprint density at radius 3 is 2.67 bits per heavy atom. The molecule has 1 atom stereocenters. The van der Waals surface area contributed by atoms with E-state index in [4.69, 9.17) is 16.0 Å². The van der Waals surface area contributed by atoms with Gasteiger partial charge in [0.25, 0.3) is 5.91 Å². The fourth-order valence-electron chi connectivity index (χ4n) is 3.91. The summed E-state index contributed by atoms with van der Waals surface area (Å²) in [6.45, 7) is 1.61. The summed E-state index contributed by atoms with van der Waals surface area (Å²) in [6.07, 6.45) is -4.96. The van der Waals surface area contributed by atoms with Gasteiger partial charge >= 0.3 is 6.36 Å². The number of aromatic nitrogens is 1. The molecule has 0 spiro atoms. The average molecular weight is 535 g/mol. The molecule has 1 unspecified atom stereocenters. The number of nitrogens with zero attached hydrogens (tertiary/aromatic N) is 2. The van der Waals surface area contributed by atoms with Crippen molar-refractivity contribution in [2.45, 2.75) is 19.3 Å². The number of carbonyl (C=O) groups is 2. The van der Waals surface area contributed by atoms with Crippen LogP contribution in [0, 0.1) is 6.92 Å². The van der Waals surface area contributed by atoms with Crippen LogP contribution in [0.3, 0.4) is 0 Å². The second-order valence-corrected chi connectivity index (χ2v) is 9.25. The summed E-state index contributed by atoms with van der Waals surface area (Å²) in [4.78, 5) is 32.1. The Morgan fingerprint density at radius 1 is 1.19 bits per heavy atom. The number of aryl methyl sites for hydroxylation is 1. The monoisotopic (exact) mass is 534 g/mol. The third-order valence-corrected chi connectivity index (χ3v) is 6.62. The first kappa shape index (κ1) is 23.9. The molecule has 5 rings (SSSR count). The normalized spacial score (nSPS) is 16.3. The fourth-order valence-corrected chi connectivity index (χ4v) is 5.18. The van der Waals surface area contributed by atoms with Gasteiger partial charge in [0.15, 0.2) is 16.7 Å². The Bertz CT molecular complexity index is 1560. The molecule has 0 bridgehead atoms. The number of thiazole rings is 1. The van der Waals surface area contributed by atoms with E-state index >= 15 is 0 Å². The third kappa shape index (κ3) is 4.31. The van der Waals surface area contributed by atoms with Gasteiger partial charge in [0.2, 0.25) is 5.78 Å². The van der Waals surface area contributed by atoms with Gasteiger partial charge in [-0.2, -0.15) is 0 Å². The number of hydrogen-bond acceptors (Lipinski definition) is 7. The molecule has 7 nitrogen and oxygen atoms in total. The maximum atomic E-state index is 13.4. The van der Waals surface area contributed by atoms with E-state index in [0.717, 1.165) is 28.4 Å². The fraction of sp³-hybridized carbons (Fsp3) is 0.125. The van der Waals surface area contributed by atoms with Crippen molar-refractivity contribution >= 4 is 50.0 Å². The van der Waals surface area contributed by atoms with Crippen molar-refractivity contribution in [1.29, 1.82) is 0 Å². The van der Waals surface area contributed by atoms with Crippen LogP contribution in [-0.4, -0.2) is 28.1 Å².